The van der Waals surface area contributed by atoms with E-state index in [1.54, 1.807) is 24.8 Å². The van der Waals surface area contributed by atoms with Crippen molar-refractivity contribution >= 4 is 11.6 Å². The second-order valence-corrected chi connectivity index (χ2v) is 6.60. The highest BCUT2D eigenvalue weighted by Crippen LogP contribution is 2.21. The first-order valence-electron chi connectivity index (χ1n) is 9.00. The number of pyridine rings is 1. The van der Waals surface area contributed by atoms with Gasteiger partial charge in [-0.1, -0.05) is 0 Å². The van der Waals surface area contributed by atoms with E-state index in [0.29, 0.717) is 18.2 Å². The number of aromatic nitrogens is 5. The van der Waals surface area contributed by atoms with Crippen molar-refractivity contribution < 1.29 is 0 Å². The Bertz CT molecular complexity index is 973. The van der Waals surface area contributed by atoms with Crippen LogP contribution in [0.25, 0.3) is 11.3 Å². The van der Waals surface area contributed by atoms with Gasteiger partial charge in [0.1, 0.15) is 11.6 Å². The highest BCUT2D eigenvalue weighted by atomic mass is 16.1. The molecule has 0 bridgehead atoms. The first-order valence-corrected chi connectivity index (χ1v) is 9.00. The largest absolute Gasteiger partial charge is 0.365 e. The Morgan fingerprint density at radius 2 is 2.22 bits per heavy atom. The second kappa shape index (κ2) is 7.53. The van der Waals surface area contributed by atoms with Gasteiger partial charge >= 0.3 is 0 Å². The lowest BCUT2D eigenvalue weighted by Gasteiger charge is -2.33. The van der Waals surface area contributed by atoms with Crippen LogP contribution >= 0.6 is 0 Å². The molecule has 27 heavy (non-hydrogen) atoms. The Balaban J connectivity index is 1.53. The van der Waals surface area contributed by atoms with E-state index in [4.69, 9.17) is 0 Å². The quantitative estimate of drug-likeness (QED) is 0.731. The third-order valence-corrected chi connectivity index (χ3v) is 4.56. The van der Waals surface area contributed by atoms with Crippen LogP contribution in [-0.4, -0.2) is 44.1 Å². The molecule has 0 spiro atoms. The van der Waals surface area contributed by atoms with E-state index in [-0.39, 0.29) is 11.6 Å². The molecule has 8 heteroatoms. The number of nitrogens with zero attached hydrogens (tertiary/aromatic N) is 5. The Morgan fingerprint density at radius 3 is 3.04 bits per heavy atom. The molecule has 0 saturated carbocycles. The Hall–Kier alpha value is -3.29. The molecular weight excluding hydrogens is 342 g/mol. The zero-order valence-electron chi connectivity index (χ0n) is 15.1. The first-order chi connectivity index (χ1) is 13.2. The minimum atomic E-state index is -0.158. The molecule has 138 valence electrons. The van der Waals surface area contributed by atoms with Gasteiger partial charge in [-0.2, -0.15) is 0 Å². The molecule has 1 saturated heterocycles. The van der Waals surface area contributed by atoms with Gasteiger partial charge < -0.3 is 15.2 Å². The molecule has 4 rings (SSSR count). The third-order valence-electron chi connectivity index (χ3n) is 4.56. The smallest absolute Gasteiger partial charge is 0.290 e. The lowest BCUT2D eigenvalue weighted by Crippen LogP contribution is -2.44. The molecule has 0 amide bonds. The SMILES string of the molecule is Cc1nc(NC2CCCN(c3ncc[nH]c3=O)C2)cc(-c2cccnc2)n1. The molecule has 2 N–H and O–H groups in total. The predicted octanol–water partition coefficient (Wildman–Crippen LogP) is 2.01. The summed E-state index contributed by atoms with van der Waals surface area (Å²) in [4.78, 5) is 34.2. The lowest BCUT2D eigenvalue weighted by atomic mass is 10.1. The summed E-state index contributed by atoms with van der Waals surface area (Å²) in [6, 6.07) is 5.99. The molecule has 1 aliphatic rings. The number of nitrogens with one attached hydrogen (secondary N) is 2. The van der Waals surface area contributed by atoms with Crippen LogP contribution in [0, 0.1) is 6.92 Å². The second-order valence-electron chi connectivity index (χ2n) is 6.60. The molecule has 0 radical (unpaired) electrons. The van der Waals surface area contributed by atoms with Crippen molar-refractivity contribution in [2.75, 3.05) is 23.3 Å². The van der Waals surface area contributed by atoms with Gasteiger partial charge in [0.2, 0.25) is 0 Å². The van der Waals surface area contributed by atoms with Gasteiger partial charge in [-0.25, -0.2) is 15.0 Å². The van der Waals surface area contributed by atoms with Crippen molar-refractivity contribution in [1.29, 1.82) is 0 Å². The Labute approximate surface area is 156 Å². The van der Waals surface area contributed by atoms with Gasteiger partial charge in [0.05, 0.1) is 5.69 Å². The average molecular weight is 363 g/mol. The number of rotatable bonds is 4. The number of piperidine rings is 1. The zero-order chi connectivity index (χ0) is 18.6. The van der Waals surface area contributed by atoms with Crippen LogP contribution in [0.2, 0.25) is 0 Å². The normalized spacial score (nSPS) is 16.9. The molecule has 1 aliphatic heterocycles. The zero-order valence-corrected chi connectivity index (χ0v) is 15.1. The van der Waals surface area contributed by atoms with Gasteiger partial charge in [-0.05, 0) is 31.9 Å². The fourth-order valence-corrected chi connectivity index (χ4v) is 3.37. The topological polar surface area (TPSA) is 99.7 Å². The molecule has 3 aromatic rings. The van der Waals surface area contributed by atoms with Gasteiger partial charge in [-0.15, -0.1) is 0 Å². The third kappa shape index (κ3) is 3.94. The minimum Gasteiger partial charge on any atom is -0.365 e. The minimum absolute atomic E-state index is 0.158. The van der Waals surface area contributed by atoms with Crippen LogP contribution in [0.5, 0.6) is 0 Å². The molecule has 3 aromatic heterocycles. The van der Waals surface area contributed by atoms with E-state index < -0.39 is 0 Å². The van der Waals surface area contributed by atoms with E-state index >= 15 is 0 Å². The van der Waals surface area contributed by atoms with Crippen LogP contribution in [0.15, 0.2) is 47.8 Å². The van der Waals surface area contributed by atoms with Gasteiger partial charge in [0, 0.05) is 55.5 Å². The fraction of sp³-hybridized carbons (Fsp3) is 0.316. The molecule has 0 aliphatic carbocycles. The maximum absolute atomic E-state index is 12.0. The monoisotopic (exact) mass is 363 g/mol. The highest BCUT2D eigenvalue weighted by molar-refractivity contribution is 5.61. The van der Waals surface area contributed by atoms with Crippen LogP contribution in [0.1, 0.15) is 18.7 Å². The summed E-state index contributed by atoms with van der Waals surface area (Å²) in [5, 5.41) is 3.50. The summed E-state index contributed by atoms with van der Waals surface area (Å²) in [5.74, 6) is 1.95. The standard InChI is InChI=1S/C19H21N7O/c1-13-23-16(14-4-2-6-20-11-14)10-17(24-13)25-15-5-3-9-26(12-15)18-19(27)22-8-7-21-18/h2,4,6-8,10-11,15H,3,5,9,12H2,1H3,(H,22,27)(H,23,24,25). The molecule has 4 heterocycles. The average Bonchev–Trinajstić information content (AvgIpc) is 2.69. The maximum atomic E-state index is 12.0. The van der Waals surface area contributed by atoms with Crippen LogP contribution in [0.3, 0.4) is 0 Å². The first kappa shape index (κ1) is 17.1. The molecule has 1 unspecified atom stereocenters. The summed E-state index contributed by atoms with van der Waals surface area (Å²) in [6.45, 7) is 3.40. The molecule has 0 aromatic carbocycles. The maximum Gasteiger partial charge on any atom is 0.290 e. The van der Waals surface area contributed by atoms with Crippen LogP contribution in [0.4, 0.5) is 11.6 Å². The fourth-order valence-electron chi connectivity index (χ4n) is 3.37. The van der Waals surface area contributed by atoms with Crippen LogP contribution in [-0.2, 0) is 0 Å². The van der Waals surface area contributed by atoms with Crippen LogP contribution < -0.4 is 15.8 Å². The number of hydrogen-bond donors (Lipinski definition) is 2. The highest BCUT2D eigenvalue weighted by Gasteiger charge is 2.23. The van der Waals surface area contributed by atoms with Crippen molar-refractivity contribution in [3.8, 4) is 11.3 Å². The van der Waals surface area contributed by atoms with Crippen molar-refractivity contribution in [2.24, 2.45) is 0 Å². The molecule has 1 fully saturated rings. The van der Waals surface area contributed by atoms with Crippen molar-refractivity contribution in [2.45, 2.75) is 25.8 Å². The van der Waals surface area contributed by atoms with Crippen molar-refractivity contribution in [3.63, 3.8) is 0 Å². The van der Waals surface area contributed by atoms with E-state index in [9.17, 15) is 4.79 Å². The summed E-state index contributed by atoms with van der Waals surface area (Å²) in [5.41, 5.74) is 1.64. The predicted molar refractivity (Wildman–Crippen MR) is 104 cm³/mol. The number of H-pyrrole nitrogens is 1. The number of hydrogen-bond acceptors (Lipinski definition) is 7. The number of anilines is 2. The Kier molecular flexibility index (Phi) is 4.78. The van der Waals surface area contributed by atoms with E-state index in [2.05, 4.69) is 30.2 Å². The molecular formula is C19H21N7O. The molecule has 8 nitrogen and oxygen atoms in total. The van der Waals surface area contributed by atoms with Gasteiger partial charge in [0.15, 0.2) is 5.82 Å². The van der Waals surface area contributed by atoms with E-state index in [1.807, 2.05) is 30.0 Å². The summed E-state index contributed by atoms with van der Waals surface area (Å²) in [6.07, 6.45) is 8.69. The summed E-state index contributed by atoms with van der Waals surface area (Å²) >= 11 is 0. The number of aryl methyl sites for hydroxylation is 1. The summed E-state index contributed by atoms with van der Waals surface area (Å²) in [7, 11) is 0. The Morgan fingerprint density at radius 1 is 1.30 bits per heavy atom. The lowest BCUT2D eigenvalue weighted by molar-refractivity contribution is 0.524. The summed E-state index contributed by atoms with van der Waals surface area (Å²) < 4.78 is 0. The van der Waals surface area contributed by atoms with E-state index in [1.165, 1.54) is 0 Å². The van der Waals surface area contributed by atoms with Gasteiger partial charge in [-0.3, -0.25) is 9.78 Å². The molecule has 1 atom stereocenters. The van der Waals surface area contributed by atoms with Crippen molar-refractivity contribution in [1.82, 2.24) is 24.9 Å². The van der Waals surface area contributed by atoms with Crippen molar-refractivity contribution in [3.05, 3.63) is 59.2 Å². The van der Waals surface area contributed by atoms with Gasteiger partial charge in [0.25, 0.3) is 5.56 Å². The number of aromatic amines is 1. The van der Waals surface area contributed by atoms with E-state index in [0.717, 1.165) is 36.5 Å².